The van der Waals surface area contributed by atoms with Gasteiger partial charge in [-0.3, -0.25) is 9.59 Å². The van der Waals surface area contributed by atoms with Gasteiger partial charge in [-0.15, -0.1) is 0 Å². The number of amides is 2. The van der Waals surface area contributed by atoms with Crippen LogP contribution >= 0.6 is 0 Å². The molecule has 0 unspecified atom stereocenters. The van der Waals surface area contributed by atoms with E-state index >= 15 is 0 Å². The predicted molar refractivity (Wildman–Crippen MR) is 73.0 cm³/mol. The molecule has 1 aliphatic rings. The van der Waals surface area contributed by atoms with Crippen molar-refractivity contribution in [1.82, 2.24) is 10.6 Å². The summed E-state index contributed by atoms with van der Waals surface area (Å²) < 4.78 is 10.2. The first-order valence-electron chi connectivity index (χ1n) is 6.43. The molecule has 0 saturated heterocycles. The molecule has 0 heterocycles. The summed E-state index contributed by atoms with van der Waals surface area (Å²) >= 11 is 0. The highest BCUT2D eigenvalue weighted by Crippen LogP contribution is 2.23. The monoisotopic (exact) mass is 278 g/mol. The van der Waals surface area contributed by atoms with Crippen molar-refractivity contribution >= 4 is 11.8 Å². The number of benzene rings is 1. The summed E-state index contributed by atoms with van der Waals surface area (Å²) in [4.78, 5) is 23.6. The molecule has 0 spiro atoms. The first kappa shape index (κ1) is 14.2. The van der Waals surface area contributed by atoms with Crippen LogP contribution in [-0.4, -0.2) is 38.6 Å². The van der Waals surface area contributed by atoms with E-state index in [-0.39, 0.29) is 24.4 Å². The Kier molecular flexibility index (Phi) is 4.45. The van der Waals surface area contributed by atoms with Gasteiger partial charge in [-0.25, -0.2) is 0 Å². The minimum absolute atomic E-state index is 0.0459. The Bertz CT molecular complexity index is 512. The van der Waals surface area contributed by atoms with E-state index in [4.69, 9.17) is 9.47 Å². The molecule has 1 aromatic carbocycles. The second-order valence-corrected chi connectivity index (χ2v) is 4.59. The van der Waals surface area contributed by atoms with Crippen LogP contribution in [0.15, 0.2) is 18.2 Å². The van der Waals surface area contributed by atoms with Crippen molar-refractivity contribution in [2.24, 2.45) is 0 Å². The number of carbonyl (C=O) groups excluding carboxylic acids is 2. The molecule has 1 aromatic rings. The molecular formula is C14H18N2O4. The van der Waals surface area contributed by atoms with E-state index in [0.717, 1.165) is 12.8 Å². The van der Waals surface area contributed by atoms with Crippen molar-refractivity contribution in [3.05, 3.63) is 23.8 Å². The third kappa shape index (κ3) is 3.63. The number of hydrogen-bond acceptors (Lipinski definition) is 4. The maximum Gasteiger partial charge on any atom is 0.255 e. The standard InChI is InChI=1S/C14H18N2O4/c1-19-10-5-6-12(20-2)11(7-10)14(18)15-8-13(17)16-9-3-4-9/h5-7,9H,3-4,8H2,1-2H3,(H,15,18)(H,16,17). The summed E-state index contributed by atoms with van der Waals surface area (Å²) in [6, 6.07) is 5.21. The van der Waals surface area contributed by atoms with Crippen LogP contribution in [0, 0.1) is 0 Å². The van der Waals surface area contributed by atoms with Crippen molar-refractivity contribution in [2.45, 2.75) is 18.9 Å². The minimum Gasteiger partial charge on any atom is -0.497 e. The van der Waals surface area contributed by atoms with E-state index < -0.39 is 0 Å². The molecule has 1 saturated carbocycles. The molecule has 2 amide bonds. The smallest absolute Gasteiger partial charge is 0.255 e. The summed E-state index contributed by atoms with van der Waals surface area (Å²) in [6.45, 7) is -0.0459. The Balaban J connectivity index is 1.97. The summed E-state index contributed by atoms with van der Waals surface area (Å²) in [7, 11) is 3.00. The van der Waals surface area contributed by atoms with Gasteiger partial charge >= 0.3 is 0 Å². The second kappa shape index (κ2) is 6.27. The minimum atomic E-state index is -0.369. The van der Waals surface area contributed by atoms with Gasteiger partial charge < -0.3 is 20.1 Å². The van der Waals surface area contributed by atoms with Gasteiger partial charge in [-0.2, -0.15) is 0 Å². The molecule has 20 heavy (non-hydrogen) atoms. The number of rotatable bonds is 6. The maximum absolute atomic E-state index is 12.1. The lowest BCUT2D eigenvalue weighted by Gasteiger charge is -2.11. The lowest BCUT2D eigenvalue weighted by molar-refractivity contribution is -0.120. The highest BCUT2D eigenvalue weighted by molar-refractivity contribution is 5.99. The van der Waals surface area contributed by atoms with Crippen molar-refractivity contribution in [3.63, 3.8) is 0 Å². The van der Waals surface area contributed by atoms with Crippen LogP contribution in [0.1, 0.15) is 23.2 Å². The lowest BCUT2D eigenvalue weighted by Crippen LogP contribution is -2.37. The average molecular weight is 278 g/mol. The van der Waals surface area contributed by atoms with E-state index in [9.17, 15) is 9.59 Å². The summed E-state index contributed by atoms with van der Waals surface area (Å²) in [5.74, 6) is 0.443. The van der Waals surface area contributed by atoms with Gasteiger partial charge in [-0.05, 0) is 31.0 Å². The molecule has 0 aliphatic heterocycles. The molecule has 2 rings (SSSR count). The molecule has 6 nitrogen and oxygen atoms in total. The Labute approximate surface area is 117 Å². The fourth-order valence-electron chi connectivity index (χ4n) is 1.75. The Morgan fingerprint density at radius 2 is 2.00 bits per heavy atom. The van der Waals surface area contributed by atoms with Crippen LogP contribution in [0.3, 0.4) is 0 Å². The van der Waals surface area contributed by atoms with E-state index in [0.29, 0.717) is 17.1 Å². The zero-order chi connectivity index (χ0) is 14.5. The highest BCUT2D eigenvalue weighted by Gasteiger charge is 2.23. The number of carbonyl (C=O) groups is 2. The topological polar surface area (TPSA) is 76.7 Å². The van der Waals surface area contributed by atoms with Crippen LogP contribution in [0.2, 0.25) is 0 Å². The first-order valence-corrected chi connectivity index (χ1v) is 6.43. The first-order chi connectivity index (χ1) is 9.63. The van der Waals surface area contributed by atoms with Gasteiger partial charge in [0.2, 0.25) is 5.91 Å². The molecule has 0 bridgehead atoms. The van der Waals surface area contributed by atoms with Crippen LogP contribution in [0.25, 0.3) is 0 Å². The van der Waals surface area contributed by atoms with Gasteiger partial charge in [-0.1, -0.05) is 0 Å². The van der Waals surface area contributed by atoms with Gasteiger partial charge in [0.1, 0.15) is 11.5 Å². The van der Waals surface area contributed by atoms with Crippen LogP contribution in [0.5, 0.6) is 11.5 Å². The largest absolute Gasteiger partial charge is 0.497 e. The zero-order valence-corrected chi connectivity index (χ0v) is 11.6. The van der Waals surface area contributed by atoms with E-state index in [2.05, 4.69) is 10.6 Å². The summed E-state index contributed by atoms with van der Waals surface area (Å²) in [5.41, 5.74) is 0.339. The Hall–Kier alpha value is -2.24. The number of nitrogens with one attached hydrogen (secondary N) is 2. The molecule has 6 heteroatoms. The van der Waals surface area contributed by atoms with Crippen molar-refractivity contribution in [3.8, 4) is 11.5 Å². The molecule has 108 valence electrons. The number of ether oxygens (including phenoxy) is 2. The van der Waals surface area contributed by atoms with Crippen molar-refractivity contribution in [1.29, 1.82) is 0 Å². The van der Waals surface area contributed by atoms with E-state index in [1.807, 2.05) is 0 Å². The normalized spacial score (nSPS) is 13.5. The SMILES string of the molecule is COc1ccc(OC)c(C(=O)NCC(=O)NC2CC2)c1. The van der Waals surface area contributed by atoms with Gasteiger partial charge in [0.25, 0.3) is 5.91 Å². The third-order valence-electron chi connectivity index (χ3n) is 3.00. The summed E-state index contributed by atoms with van der Waals surface area (Å²) in [5, 5.41) is 5.37. The molecule has 0 radical (unpaired) electrons. The number of hydrogen-bond donors (Lipinski definition) is 2. The highest BCUT2D eigenvalue weighted by atomic mass is 16.5. The van der Waals surface area contributed by atoms with Crippen molar-refractivity contribution in [2.75, 3.05) is 20.8 Å². The van der Waals surface area contributed by atoms with Crippen LogP contribution < -0.4 is 20.1 Å². The quantitative estimate of drug-likeness (QED) is 0.803. The van der Waals surface area contributed by atoms with Crippen molar-refractivity contribution < 1.29 is 19.1 Å². The van der Waals surface area contributed by atoms with Gasteiger partial charge in [0.05, 0.1) is 26.3 Å². The Morgan fingerprint density at radius 1 is 1.25 bits per heavy atom. The van der Waals surface area contributed by atoms with E-state index in [1.54, 1.807) is 18.2 Å². The zero-order valence-electron chi connectivity index (χ0n) is 11.6. The average Bonchev–Trinajstić information content (AvgIpc) is 3.27. The molecule has 1 fully saturated rings. The molecule has 0 atom stereocenters. The van der Waals surface area contributed by atoms with Crippen LogP contribution in [0.4, 0.5) is 0 Å². The maximum atomic E-state index is 12.1. The Morgan fingerprint density at radius 3 is 2.60 bits per heavy atom. The molecular weight excluding hydrogens is 260 g/mol. The molecule has 1 aliphatic carbocycles. The van der Waals surface area contributed by atoms with E-state index in [1.165, 1.54) is 14.2 Å². The third-order valence-corrected chi connectivity index (χ3v) is 3.00. The number of methoxy groups -OCH3 is 2. The summed E-state index contributed by atoms with van der Waals surface area (Å²) in [6.07, 6.45) is 2.03. The molecule has 0 aromatic heterocycles. The molecule has 2 N–H and O–H groups in total. The fraction of sp³-hybridized carbons (Fsp3) is 0.429. The van der Waals surface area contributed by atoms with Gasteiger partial charge in [0, 0.05) is 6.04 Å². The van der Waals surface area contributed by atoms with Crippen LogP contribution in [-0.2, 0) is 4.79 Å². The second-order valence-electron chi connectivity index (χ2n) is 4.59. The lowest BCUT2D eigenvalue weighted by atomic mass is 10.1. The predicted octanol–water partition coefficient (Wildman–Crippen LogP) is 0.712. The fourth-order valence-corrected chi connectivity index (χ4v) is 1.75. The van der Waals surface area contributed by atoms with Gasteiger partial charge in [0.15, 0.2) is 0 Å².